The Labute approximate surface area is 111 Å². The van der Waals surface area contributed by atoms with Crippen molar-refractivity contribution < 1.29 is 19.1 Å². The molecule has 6 heteroatoms. The van der Waals surface area contributed by atoms with Crippen LogP contribution in [-0.4, -0.2) is 38.2 Å². The minimum Gasteiger partial charge on any atom is -0.481 e. The van der Waals surface area contributed by atoms with Crippen LogP contribution >= 0.6 is 0 Å². The Morgan fingerprint density at radius 2 is 1.95 bits per heavy atom. The zero-order valence-electron chi connectivity index (χ0n) is 11.0. The number of hydrogen-bond donors (Lipinski definition) is 2. The highest BCUT2D eigenvalue weighted by atomic mass is 16.5. The van der Waals surface area contributed by atoms with Crippen molar-refractivity contribution in [2.45, 2.75) is 13.0 Å². The van der Waals surface area contributed by atoms with Gasteiger partial charge in [0.1, 0.15) is 5.75 Å². The van der Waals surface area contributed by atoms with E-state index >= 15 is 0 Å². The number of carbonyl (C=O) groups excluding carboxylic acids is 2. The molecule has 104 valence electrons. The van der Waals surface area contributed by atoms with Crippen molar-refractivity contribution in [2.24, 2.45) is 5.73 Å². The lowest BCUT2D eigenvalue weighted by atomic mass is 10.2. The Balaban J connectivity index is 2.49. The van der Waals surface area contributed by atoms with Gasteiger partial charge in [-0.3, -0.25) is 9.59 Å². The van der Waals surface area contributed by atoms with Crippen LogP contribution in [0.25, 0.3) is 0 Å². The zero-order chi connectivity index (χ0) is 14.3. The summed E-state index contributed by atoms with van der Waals surface area (Å²) in [6, 6.07) is 6.29. The van der Waals surface area contributed by atoms with Gasteiger partial charge in [0.15, 0.2) is 6.10 Å². The van der Waals surface area contributed by atoms with Crippen LogP contribution in [0.4, 0.5) is 0 Å². The molecule has 0 aromatic heterocycles. The van der Waals surface area contributed by atoms with Gasteiger partial charge in [-0.1, -0.05) is 0 Å². The van der Waals surface area contributed by atoms with Gasteiger partial charge in [-0.15, -0.1) is 0 Å². The molecule has 1 aromatic carbocycles. The number of carbonyl (C=O) groups is 2. The molecule has 0 radical (unpaired) electrons. The Morgan fingerprint density at radius 1 is 1.32 bits per heavy atom. The second kappa shape index (κ2) is 7.38. The van der Waals surface area contributed by atoms with E-state index in [1.54, 1.807) is 38.3 Å². The van der Waals surface area contributed by atoms with Gasteiger partial charge in [-0.25, -0.2) is 0 Å². The van der Waals surface area contributed by atoms with Crippen molar-refractivity contribution in [1.82, 2.24) is 5.32 Å². The van der Waals surface area contributed by atoms with Crippen LogP contribution in [0.1, 0.15) is 17.3 Å². The van der Waals surface area contributed by atoms with E-state index in [2.05, 4.69) is 5.32 Å². The second-order valence-electron chi connectivity index (χ2n) is 3.93. The van der Waals surface area contributed by atoms with Crippen LogP contribution in [0.2, 0.25) is 0 Å². The lowest BCUT2D eigenvalue weighted by Crippen LogP contribution is -2.37. The normalized spacial score (nSPS) is 11.7. The monoisotopic (exact) mass is 266 g/mol. The molecule has 0 aliphatic carbocycles. The van der Waals surface area contributed by atoms with Crippen LogP contribution in [0.3, 0.4) is 0 Å². The average Bonchev–Trinajstić information content (AvgIpc) is 2.39. The average molecular weight is 266 g/mol. The summed E-state index contributed by atoms with van der Waals surface area (Å²) >= 11 is 0. The second-order valence-corrected chi connectivity index (χ2v) is 3.93. The molecule has 0 fully saturated rings. The van der Waals surface area contributed by atoms with Crippen LogP contribution < -0.4 is 15.8 Å². The molecule has 0 bridgehead atoms. The number of nitrogens with one attached hydrogen (secondary N) is 1. The summed E-state index contributed by atoms with van der Waals surface area (Å²) in [5.74, 6) is -0.229. The fourth-order valence-corrected chi connectivity index (χ4v) is 1.38. The minimum absolute atomic E-state index is 0.226. The molecule has 3 N–H and O–H groups in total. The third kappa shape index (κ3) is 4.97. The van der Waals surface area contributed by atoms with Gasteiger partial charge in [0.25, 0.3) is 5.91 Å². The summed E-state index contributed by atoms with van der Waals surface area (Å²) in [5.41, 5.74) is 5.52. The molecular weight excluding hydrogens is 248 g/mol. The molecule has 0 spiro atoms. The molecule has 0 unspecified atom stereocenters. The molecule has 0 aliphatic rings. The van der Waals surface area contributed by atoms with Crippen molar-refractivity contribution in [3.63, 3.8) is 0 Å². The number of ether oxygens (including phenoxy) is 2. The standard InChI is InChI=1S/C13H18N2O4/c1-9(13(17)15-7-8-18-2)19-11-5-3-10(4-6-11)12(14)16/h3-6,9H,7-8H2,1-2H3,(H2,14,16)(H,15,17)/t9-/m0/s1. The first-order valence-electron chi connectivity index (χ1n) is 5.87. The molecular formula is C13H18N2O4. The smallest absolute Gasteiger partial charge is 0.260 e. The summed E-state index contributed by atoms with van der Waals surface area (Å²) in [4.78, 5) is 22.5. The van der Waals surface area contributed by atoms with Gasteiger partial charge in [0.05, 0.1) is 6.61 Å². The first-order chi connectivity index (χ1) is 9.04. The summed E-state index contributed by atoms with van der Waals surface area (Å²) in [7, 11) is 1.56. The van der Waals surface area contributed by atoms with Crippen molar-refractivity contribution in [2.75, 3.05) is 20.3 Å². The fourth-order valence-electron chi connectivity index (χ4n) is 1.38. The third-order valence-electron chi connectivity index (χ3n) is 2.43. The summed E-state index contributed by atoms with van der Waals surface area (Å²) < 4.78 is 10.3. The Bertz CT molecular complexity index is 431. The van der Waals surface area contributed by atoms with Crippen LogP contribution in [-0.2, 0) is 9.53 Å². The van der Waals surface area contributed by atoms with Gasteiger partial charge in [-0.05, 0) is 31.2 Å². The van der Waals surface area contributed by atoms with Crippen molar-refractivity contribution >= 4 is 11.8 Å². The highest BCUT2D eigenvalue weighted by molar-refractivity contribution is 5.92. The van der Waals surface area contributed by atoms with E-state index in [1.807, 2.05) is 0 Å². The Kier molecular flexibility index (Phi) is 5.81. The number of nitrogens with two attached hydrogens (primary N) is 1. The third-order valence-corrected chi connectivity index (χ3v) is 2.43. The van der Waals surface area contributed by atoms with Crippen molar-refractivity contribution in [3.8, 4) is 5.75 Å². The van der Waals surface area contributed by atoms with E-state index in [1.165, 1.54) is 0 Å². The maximum absolute atomic E-state index is 11.6. The molecule has 0 saturated carbocycles. The highest BCUT2D eigenvalue weighted by Crippen LogP contribution is 2.13. The number of hydrogen-bond acceptors (Lipinski definition) is 4. The number of amides is 2. The molecule has 0 saturated heterocycles. The Morgan fingerprint density at radius 3 is 2.47 bits per heavy atom. The molecule has 0 heterocycles. The fraction of sp³-hybridized carbons (Fsp3) is 0.385. The quantitative estimate of drug-likeness (QED) is 0.695. The highest BCUT2D eigenvalue weighted by Gasteiger charge is 2.14. The maximum Gasteiger partial charge on any atom is 0.260 e. The van der Waals surface area contributed by atoms with E-state index in [-0.39, 0.29) is 5.91 Å². The van der Waals surface area contributed by atoms with Crippen LogP contribution in [0.15, 0.2) is 24.3 Å². The van der Waals surface area contributed by atoms with E-state index in [0.29, 0.717) is 24.5 Å². The van der Waals surface area contributed by atoms with Gasteiger partial charge in [-0.2, -0.15) is 0 Å². The van der Waals surface area contributed by atoms with Crippen molar-refractivity contribution in [1.29, 1.82) is 0 Å². The Hall–Kier alpha value is -2.08. The number of methoxy groups -OCH3 is 1. The van der Waals surface area contributed by atoms with Gasteiger partial charge >= 0.3 is 0 Å². The first kappa shape index (κ1) is 15.0. The van der Waals surface area contributed by atoms with Gasteiger partial charge in [0, 0.05) is 19.2 Å². The minimum atomic E-state index is -0.628. The molecule has 0 aliphatic heterocycles. The lowest BCUT2D eigenvalue weighted by molar-refractivity contribution is -0.127. The van der Waals surface area contributed by atoms with Crippen molar-refractivity contribution in [3.05, 3.63) is 29.8 Å². The van der Waals surface area contributed by atoms with E-state index in [0.717, 1.165) is 0 Å². The van der Waals surface area contributed by atoms with Crippen LogP contribution in [0, 0.1) is 0 Å². The summed E-state index contributed by atoms with van der Waals surface area (Å²) in [5, 5.41) is 2.67. The molecule has 2 amide bonds. The molecule has 6 nitrogen and oxygen atoms in total. The van der Waals surface area contributed by atoms with Gasteiger partial charge < -0.3 is 20.5 Å². The molecule has 1 atom stereocenters. The SMILES string of the molecule is COCCNC(=O)[C@H](C)Oc1ccc(C(N)=O)cc1. The number of benzene rings is 1. The molecule has 19 heavy (non-hydrogen) atoms. The first-order valence-corrected chi connectivity index (χ1v) is 5.87. The number of primary amides is 1. The predicted octanol–water partition coefficient (Wildman–Crippen LogP) is 0.315. The van der Waals surface area contributed by atoms with E-state index in [4.69, 9.17) is 15.2 Å². The molecule has 1 rings (SSSR count). The molecule has 1 aromatic rings. The van der Waals surface area contributed by atoms with Gasteiger partial charge in [0.2, 0.25) is 5.91 Å². The van der Waals surface area contributed by atoms with E-state index in [9.17, 15) is 9.59 Å². The largest absolute Gasteiger partial charge is 0.481 e. The zero-order valence-corrected chi connectivity index (χ0v) is 11.0. The number of rotatable bonds is 7. The lowest BCUT2D eigenvalue weighted by Gasteiger charge is -2.14. The van der Waals surface area contributed by atoms with Crippen LogP contribution in [0.5, 0.6) is 5.75 Å². The predicted molar refractivity (Wildman–Crippen MR) is 69.9 cm³/mol. The maximum atomic E-state index is 11.6. The van der Waals surface area contributed by atoms with E-state index < -0.39 is 12.0 Å². The summed E-state index contributed by atoms with van der Waals surface area (Å²) in [6.07, 6.45) is -0.628. The summed E-state index contributed by atoms with van der Waals surface area (Å²) in [6.45, 7) is 2.53. The topological polar surface area (TPSA) is 90.7 Å².